The molecule has 0 aliphatic carbocycles. The lowest BCUT2D eigenvalue weighted by Crippen LogP contribution is -2.54. The molecule has 16 heteroatoms. The van der Waals surface area contributed by atoms with Crippen LogP contribution in [-0.4, -0.2) is 104 Å². The van der Waals surface area contributed by atoms with Crippen molar-refractivity contribution in [3.05, 3.63) is 107 Å². The van der Waals surface area contributed by atoms with E-state index in [1.54, 1.807) is 60.7 Å². The zero-order valence-corrected chi connectivity index (χ0v) is 39.7. The molecule has 4 atom stereocenters. The predicted molar refractivity (Wildman–Crippen MR) is 258 cm³/mol. The molecule has 3 amide bonds. The molecule has 0 bridgehead atoms. The number of carbonyl (C=O) groups is 8. The first kappa shape index (κ1) is 57.1. The van der Waals surface area contributed by atoms with E-state index in [2.05, 4.69) is 35.0 Å². The lowest BCUT2D eigenvalue weighted by atomic mass is 9.89. The largest absolute Gasteiger partial charge is 0.481 e. The number of rotatable bonds is 36. The second kappa shape index (κ2) is 31.0. The molecular weight excluding hydrogens is 887 g/mol. The highest BCUT2D eigenvalue weighted by molar-refractivity contribution is 5.95. The molecule has 3 aromatic rings. The van der Waals surface area contributed by atoms with Gasteiger partial charge in [-0.2, -0.15) is 0 Å². The highest BCUT2D eigenvalue weighted by atomic mass is 16.4. The Hall–Kier alpha value is -6.26. The molecule has 0 unspecified atom stereocenters. The Labute approximate surface area is 404 Å². The van der Waals surface area contributed by atoms with Crippen molar-refractivity contribution in [2.24, 2.45) is 11.8 Å². The van der Waals surface area contributed by atoms with Gasteiger partial charge in [-0.1, -0.05) is 124 Å². The third kappa shape index (κ3) is 22.1. The second-order valence-electron chi connectivity index (χ2n) is 18.0. The molecule has 376 valence electrons. The molecule has 0 saturated carbocycles. The maximum Gasteiger partial charge on any atom is 0.326 e. The lowest BCUT2D eigenvalue weighted by molar-refractivity contribution is -0.144. The Morgan fingerprint density at radius 3 is 1.62 bits per heavy atom. The number of hydrogen-bond acceptors (Lipinski definition) is 10. The zero-order chi connectivity index (χ0) is 50.6. The summed E-state index contributed by atoms with van der Waals surface area (Å²) in [7, 11) is 0. The van der Waals surface area contributed by atoms with Crippen molar-refractivity contribution >= 4 is 47.2 Å². The smallest absolute Gasteiger partial charge is 0.326 e. The highest BCUT2D eigenvalue weighted by Gasteiger charge is 2.34. The van der Waals surface area contributed by atoms with Gasteiger partial charge in [0.15, 0.2) is 5.78 Å². The van der Waals surface area contributed by atoms with Crippen molar-refractivity contribution in [1.29, 1.82) is 0 Å². The molecule has 69 heavy (non-hydrogen) atoms. The van der Waals surface area contributed by atoms with E-state index in [9.17, 15) is 58.8 Å². The van der Waals surface area contributed by atoms with Gasteiger partial charge in [0.05, 0.1) is 24.8 Å². The number of Topliss-reactive ketones (excluding diaryl/α,β-unsaturated/α-hetero) is 2. The van der Waals surface area contributed by atoms with E-state index in [0.717, 1.165) is 18.4 Å². The minimum Gasteiger partial charge on any atom is -0.481 e. The fourth-order valence-electron chi connectivity index (χ4n) is 8.07. The molecule has 0 fully saturated rings. The van der Waals surface area contributed by atoms with Gasteiger partial charge >= 0.3 is 17.9 Å². The van der Waals surface area contributed by atoms with E-state index < -0.39 is 116 Å². The minimum absolute atomic E-state index is 0.0523. The zero-order valence-electron chi connectivity index (χ0n) is 39.7. The fraction of sp³-hybridized carbons (Fsp3) is 0.509. The van der Waals surface area contributed by atoms with Crippen LogP contribution in [0.15, 0.2) is 84.9 Å². The average molecular weight is 958 g/mol. The summed E-state index contributed by atoms with van der Waals surface area (Å²) >= 11 is 0. The van der Waals surface area contributed by atoms with E-state index >= 15 is 0 Å². The predicted octanol–water partition coefficient (Wildman–Crippen LogP) is 5.56. The molecule has 0 aliphatic rings. The number of unbranched alkanes of at least 4 members (excludes halogenated alkanes) is 5. The first-order chi connectivity index (χ1) is 33.1. The van der Waals surface area contributed by atoms with Crippen molar-refractivity contribution in [2.75, 3.05) is 13.2 Å². The molecule has 3 aromatic carbocycles. The third-order valence-electron chi connectivity index (χ3n) is 12.3. The molecule has 0 spiro atoms. The number of aliphatic hydroxyl groups is 2. The number of carbonyl (C=O) groups excluding carboxylic acids is 5. The maximum absolute atomic E-state index is 14.3. The van der Waals surface area contributed by atoms with Gasteiger partial charge in [-0.25, -0.2) is 4.79 Å². The summed E-state index contributed by atoms with van der Waals surface area (Å²) in [5, 5.41) is 56.5. The van der Waals surface area contributed by atoms with Crippen LogP contribution in [0, 0.1) is 11.8 Å². The van der Waals surface area contributed by atoms with Gasteiger partial charge in [0.2, 0.25) is 17.7 Å². The van der Waals surface area contributed by atoms with Crippen LogP contribution in [0.5, 0.6) is 0 Å². The molecular formula is C53H71N3O13. The van der Waals surface area contributed by atoms with Crippen molar-refractivity contribution in [3.63, 3.8) is 0 Å². The summed E-state index contributed by atoms with van der Waals surface area (Å²) in [6, 6.07) is 22.7. The standard InChI is InChI=1S/C53H71N3O13/c1-2-3-4-5-6-9-14-37-19-21-38(22-20-37)29-30-53(35-57,36-58)56-47(61)26-24-43(59)33-42(31-39-15-10-7-11-16-39)51(67)55-45(32-40-17-12-8-13-18-40)46(60)34-41(23-27-48(62)63)50(66)54-44(52(68)69)25-28-49(64)65/h7-8,10-13,15-22,41-42,44-45,57-58H,2-6,9,14,23-36H2,1H3,(H,54,66)(H,55,67)(H,56,61)(H,62,63)(H,64,65)(H,68,69)/t41-,42-,44+,45+/m1/s1. The number of carboxylic acid groups (broad SMARTS) is 3. The van der Waals surface area contributed by atoms with Crippen LogP contribution >= 0.6 is 0 Å². The van der Waals surface area contributed by atoms with Crippen molar-refractivity contribution in [1.82, 2.24) is 16.0 Å². The summed E-state index contributed by atoms with van der Waals surface area (Å²) in [5.74, 6) is -9.81. The fourth-order valence-corrected chi connectivity index (χ4v) is 8.07. The van der Waals surface area contributed by atoms with Gasteiger partial charge in [0.1, 0.15) is 11.8 Å². The van der Waals surface area contributed by atoms with Crippen LogP contribution in [0.1, 0.15) is 125 Å². The van der Waals surface area contributed by atoms with Crippen LogP contribution in [0.4, 0.5) is 0 Å². The molecule has 0 saturated heterocycles. The Kier molecular flexibility index (Phi) is 25.6. The molecule has 16 nitrogen and oxygen atoms in total. The monoisotopic (exact) mass is 957 g/mol. The molecule has 0 aliphatic heterocycles. The van der Waals surface area contributed by atoms with Crippen molar-refractivity contribution < 1.29 is 63.9 Å². The number of nitrogens with one attached hydrogen (secondary N) is 3. The Morgan fingerprint density at radius 2 is 1.06 bits per heavy atom. The van der Waals surface area contributed by atoms with E-state index in [0.29, 0.717) is 17.5 Å². The molecule has 8 N–H and O–H groups in total. The number of aliphatic carboxylic acids is 3. The van der Waals surface area contributed by atoms with E-state index in [4.69, 9.17) is 5.11 Å². The quantitative estimate of drug-likeness (QED) is 0.0332. The third-order valence-corrected chi connectivity index (χ3v) is 12.3. The number of ketones is 2. The number of hydrogen-bond donors (Lipinski definition) is 8. The molecule has 3 rings (SSSR count). The van der Waals surface area contributed by atoms with Gasteiger partial charge in [-0.15, -0.1) is 0 Å². The number of aryl methyl sites for hydroxylation is 2. The summed E-state index contributed by atoms with van der Waals surface area (Å²) in [5.41, 5.74) is 2.20. The highest BCUT2D eigenvalue weighted by Crippen LogP contribution is 2.21. The first-order valence-corrected chi connectivity index (χ1v) is 24.1. The number of benzene rings is 3. The maximum atomic E-state index is 14.3. The summed E-state index contributed by atoms with van der Waals surface area (Å²) < 4.78 is 0. The van der Waals surface area contributed by atoms with E-state index in [1.165, 1.54) is 37.7 Å². The average Bonchev–Trinajstić information content (AvgIpc) is 3.33. The van der Waals surface area contributed by atoms with Gasteiger partial charge in [-0.3, -0.25) is 33.6 Å². The number of carboxylic acids is 3. The van der Waals surface area contributed by atoms with Crippen LogP contribution in [0.25, 0.3) is 0 Å². The minimum atomic E-state index is -1.63. The van der Waals surface area contributed by atoms with Gasteiger partial charge in [-0.05, 0) is 73.6 Å². The van der Waals surface area contributed by atoms with Crippen LogP contribution in [0.3, 0.4) is 0 Å². The van der Waals surface area contributed by atoms with Gasteiger partial charge in [0.25, 0.3) is 0 Å². The van der Waals surface area contributed by atoms with Crippen LogP contribution in [0.2, 0.25) is 0 Å². The number of aliphatic hydroxyl groups excluding tert-OH is 2. The van der Waals surface area contributed by atoms with E-state index in [1.807, 2.05) is 12.1 Å². The summed E-state index contributed by atoms with van der Waals surface area (Å²) in [4.78, 5) is 103. The van der Waals surface area contributed by atoms with Crippen LogP contribution < -0.4 is 16.0 Å². The first-order valence-electron chi connectivity index (χ1n) is 24.1. The van der Waals surface area contributed by atoms with Crippen molar-refractivity contribution in [2.45, 2.75) is 147 Å². The van der Waals surface area contributed by atoms with E-state index in [-0.39, 0.29) is 44.9 Å². The Bertz CT molecular complexity index is 2090. The van der Waals surface area contributed by atoms with Crippen molar-refractivity contribution in [3.8, 4) is 0 Å². The second-order valence-corrected chi connectivity index (χ2v) is 18.0. The SMILES string of the molecule is CCCCCCCCc1ccc(CCC(CO)(CO)NC(=O)CCC(=O)C[C@@H](Cc2ccccc2)C(=O)N[C@@H](Cc2ccccc2)C(=O)C[C@@H](CCC(=O)O)C(=O)N[C@@H](CCC(=O)O)C(=O)O)cc1. The summed E-state index contributed by atoms with van der Waals surface area (Å²) in [6.07, 6.45) is 5.55. The Balaban J connectivity index is 1.73. The molecule has 0 heterocycles. The summed E-state index contributed by atoms with van der Waals surface area (Å²) in [6.45, 7) is 1.12. The lowest BCUT2D eigenvalue weighted by Gasteiger charge is -2.31. The topological polar surface area (TPSA) is 274 Å². The Morgan fingerprint density at radius 1 is 0.536 bits per heavy atom. The molecule has 0 aromatic heterocycles. The normalized spacial score (nSPS) is 13.0. The van der Waals surface area contributed by atoms with Crippen LogP contribution in [-0.2, 0) is 64.0 Å². The number of amides is 3. The van der Waals surface area contributed by atoms with Gasteiger partial charge < -0.3 is 41.5 Å². The molecule has 0 radical (unpaired) electrons. The van der Waals surface area contributed by atoms with Gasteiger partial charge in [0, 0.05) is 50.4 Å².